The average Bonchev–Trinajstić information content (AvgIpc) is 3.75. The Kier molecular flexibility index (Phi) is 10.7. The van der Waals surface area contributed by atoms with E-state index in [9.17, 15) is 14.4 Å². The summed E-state index contributed by atoms with van der Waals surface area (Å²) in [7, 11) is 4.34. The van der Waals surface area contributed by atoms with E-state index in [4.69, 9.17) is 14.2 Å². The molecule has 0 amide bonds. The second-order valence-corrected chi connectivity index (χ2v) is 16.7. The molecule has 6 rings (SSSR count). The summed E-state index contributed by atoms with van der Waals surface area (Å²) in [6, 6.07) is 2.20. The van der Waals surface area contributed by atoms with Crippen molar-refractivity contribution >= 4 is 17.9 Å². The third-order valence-electron chi connectivity index (χ3n) is 14.7. The van der Waals surface area contributed by atoms with Crippen LogP contribution in [0, 0.1) is 52.8 Å². The van der Waals surface area contributed by atoms with Gasteiger partial charge in [-0.25, -0.2) is 0 Å². The van der Waals surface area contributed by atoms with Gasteiger partial charge in [-0.3, -0.25) is 14.4 Å². The van der Waals surface area contributed by atoms with Gasteiger partial charge in [0.1, 0.15) is 0 Å². The van der Waals surface area contributed by atoms with Crippen molar-refractivity contribution < 1.29 is 28.6 Å². The first-order valence-electron chi connectivity index (χ1n) is 18.8. The summed E-state index contributed by atoms with van der Waals surface area (Å²) in [5.41, 5.74) is -0.501. The number of esters is 3. The fourth-order valence-corrected chi connectivity index (χ4v) is 12.0. The number of hydrogen-bond acceptors (Lipinski definition) is 10. The van der Waals surface area contributed by atoms with Gasteiger partial charge in [0.15, 0.2) is 0 Å². The molecule has 0 aromatic rings. The van der Waals surface area contributed by atoms with Crippen LogP contribution in [0.25, 0.3) is 0 Å². The third kappa shape index (κ3) is 6.26. The minimum Gasteiger partial charge on any atom is -0.469 e. The number of nitrogens with one attached hydrogen (secondary N) is 4. The Balaban J connectivity index is 1.38. The number of ether oxygens (including phenoxy) is 3. The first-order chi connectivity index (χ1) is 22.9. The molecule has 5 aliphatic heterocycles. The van der Waals surface area contributed by atoms with Crippen LogP contribution in [0.4, 0.5) is 0 Å². The normalized spacial score (nSPS) is 48.4. The van der Waals surface area contributed by atoms with Gasteiger partial charge in [-0.1, -0.05) is 33.8 Å². The summed E-state index contributed by atoms with van der Waals surface area (Å²) in [5, 5.41) is 16.4. The van der Waals surface area contributed by atoms with Crippen molar-refractivity contribution in [2.75, 3.05) is 21.3 Å². The number of carbonyl (C=O) groups excluding carboxylic acids is 3. The van der Waals surface area contributed by atoms with Crippen LogP contribution >= 0.6 is 0 Å². The monoisotopic (exact) mass is 670 g/mol. The highest BCUT2D eigenvalue weighted by Gasteiger charge is 2.64. The van der Waals surface area contributed by atoms with Gasteiger partial charge >= 0.3 is 17.9 Å². The maximum atomic E-state index is 13.8. The van der Waals surface area contributed by atoms with Crippen molar-refractivity contribution in [2.24, 2.45) is 52.8 Å². The molecule has 0 aromatic carbocycles. The molecule has 17 atom stereocenters. The number of hydrogen-bond donors (Lipinski definition) is 4. The lowest BCUT2D eigenvalue weighted by Crippen LogP contribution is -2.55. The minimum atomic E-state index is -0.593. The Bertz CT molecular complexity index is 1220. The van der Waals surface area contributed by atoms with Crippen molar-refractivity contribution in [3.8, 4) is 0 Å². The molecule has 5 saturated heterocycles. The van der Waals surface area contributed by atoms with Crippen molar-refractivity contribution in [3.63, 3.8) is 0 Å². The van der Waals surface area contributed by atoms with E-state index in [2.05, 4.69) is 61.6 Å². The van der Waals surface area contributed by atoms with Crippen molar-refractivity contribution in [1.29, 1.82) is 0 Å². The number of carbonyl (C=O) groups is 3. The van der Waals surface area contributed by atoms with Crippen LogP contribution in [0.15, 0.2) is 12.7 Å². The van der Waals surface area contributed by atoms with E-state index in [0.29, 0.717) is 66.6 Å². The smallest absolute Gasteiger partial charge is 0.310 e. The van der Waals surface area contributed by atoms with E-state index < -0.39 is 17.3 Å². The minimum absolute atomic E-state index is 0.00589. The van der Waals surface area contributed by atoms with Gasteiger partial charge in [0.25, 0.3) is 0 Å². The predicted molar refractivity (Wildman–Crippen MR) is 184 cm³/mol. The lowest BCUT2D eigenvalue weighted by molar-refractivity contribution is -0.170. The maximum Gasteiger partial charge on any atom is 0.310 e. The van der Waals surface area contributed by atoms with Crippen molar-refractivity contribution in [1.82, 2.24) is 21.3 Å². The van der Waals surface area contributed by atoms with Crippen LogP contribution in [0.1, 0.15) is 85.5 Å². The molecule has 5 heterocycles. The zero-order chi connectivity index (χ0) is 34.5. The lowest BCUT2D eigenvalue weighted by Gasteiger charge is -2.49. The van der Waals surface area contributed by atoms with Crippen molar-refractivity contribution in [2.45, 2.75) is 134 Å². The van der Waals surface area contributed by atoms with Crippen LogP contribution in [-0.4, -0.2) is 87.6 Å². The van der Waals surface area contributed by atoms with Crippen LogP contribution < -0.4 is 21.3 Å². The molecule has 0 aromatic heterocycles. The molecule has 8 bridgehead atoms. The van der Waals surface area contributed by atoms with Gasteiger partial charge in [-0.2, -0.15) is 0 Å². The first kappa shape index (κ1) is 35.8. The first-order valence-corrected chi connectivity index (χ1v) is 18.8. The topological polar surface area (TPSA) is 127 Å². The van der Waals surface area contributed by atoms with E-state index in [-0.39, 0.29) is 48.0 Å². The molecule has 6 fully saturated rings. The molecule has 10 nitrogen and oxygen atoms in total. The highest BCUT2D eigenvalue weighted by molar-refractivity contribution is 5.83. The predicted octanol–water partition coefficient (Wildman–Crippen LogP) is 3.59. The fourth-order valence-electron chi connectivity index (χ4n) is 12.0. The van der Waals surface area contributed by atoms with Crippen LogP contribution in [0.5, 0.6) is 0 Å². The zero-order valence-electron chi connectivity index (χ0n) is 30.3. The molecular weight excluding hydrogens is 608 g/mol. The summed E-state index contributed by atoms with van der Waals surface area (Å²) < 4.78 is 15.8. The second kappa shape index (κ2) is 14.3. The fraction of sp³-hybridized carbons (Fsp3) is 0.868. The van der Waals surface area contributed by atoms with Gasteiger partial charge in [0.05, 0.1) is 33.2 Å². The maximum absolute atomic E-state index is 13.8. The Hall–Kier alpha value is -2.01. The molecule has 0 radical (unpaired) electrons. The van der Waals surface area contributed by atoms with Crippen LogP contribution in [0.3, 0.4) is 0 Å². The van der Waals surface area contributed by atoms with Crippen LogP contribution in [0.2, 0.25) is 0 Å². The lowest BCUT2D eigenvalue weighted by atomic mass is 9.54. The molecule has 1 aliphatic carbocycles. The number of rotatable bonds is 6. The molecule has 15 unspecified atom stereocenters. The molecule has 1 saturated carbocycles. The van der Waals surface area contributed by atoms with E-state index in [1.165, 1.54) is 21.3 Å². The largest absolute Gasteiger partial charge is 0.469 e. The molecule has 6 aliphatic rings. The Morgan fingerprint density at radius 2 is 1.44 bits per heavy atom. The van der Waals surface area contributed by atoms with E-state index in [1.807, 2.05) is 0 Å². The highest BCUT2D eigenvalue weighted by Crippen LogP contribution is 2.58. The average molecular weight is 671 g/mol. The molecule has 4 N–H and O–H groups in total. The second-order valence-electron chi connectivity index (χ2n) is 16.7. The quantitative estimate of drug-likeness (QED) is 0.189. The molecule has 270 valence electrons. The van der Waals surface area contributed by atoms with E-state index in [1.54, 1.807) is 0 Å². The summed E-state index contributed by atoms with van der Waals surface area (Å²) >= 11 is 0. The van der Waals surface area contributed by atoms with Gasteiger partial charge < -0.3 is 35.5 Å². The summed E-state index contributed by atoms with van der Waals surface area (Å²) in [4.78, 5) is 39.4. The molecule has 0 spiro atoms. The van der Waals surface area contributed by atoms with E-state index in [0.717, 1.165) is 44.9 Å². The Morgan fingerprint density at radius 1 is 0.750 bits per heavy atom. The summed E-state index contributed by atoms with van der Waals surface area (Å²) in [5.74, 6) is 0.381. The Labute approximate surface area is 288 Å². The number of fused-ring (bicyclic) bond motifs is 11. The zero-order valence-corrected chi connectivity index (χ0v) is 30.3. The molecule has 48 heavy (non-hydrogen) atoms. The van der Waals surface area contributed by atoms with Gasteiger partial charge in [-0.05, 0) is 86.9 Å². The van der Waals surface area contributed by atoms with Crippen molar-refractivity contribution in [3.05, 3.63) is 12.7 Å². The molecule has 10 heteroatoms. The van der Waals surface area contributed by atoms with Gasteiger partial charge in [0, 0.05) is 60.2 Å². The SMILES string of the molecule is C=CC1C2CC3NC(CC3C)CC3NC(CC4NC(CC(N2)C1C)C1CCC(C(=O)OC)[C@H](C(=O)OC)[C@]41C)C(C)C3CCC(=O)OC. The Morgan fingerprint density at radius 3 is 2.12 bits per heavy atom. The summed E-state index contributed by atoms with van der Waals surface area (Å²) in [6.45, 7) is 13.7. The standard InChI is InChI=1S/C38H62N4O6/c1-9-23-20(3)28-17-32-26-12-10-25(36(44)47-7)35(37(45)48-8)38(26,5)33(42-32)18-29-21(4)24(11-13-34(43)46-6)30(41-29)15-22-14-19(2)27(39-22)16-31(23)40-28/h9,19-33,35,39-42H,1,10-18H2,2-8H3/t19?,20?,21?,22?,23?,24?,25?,26?,27?,28?,29?,30?,31?,32?,33?,35-,38+/m1/s1. The van der Waals surface area contributed by atoms with Crippen LogP contribution in [-0.2, 0) is 28.6 Å². The molecular formula is C38H62N4O6. The third-order valence-corrected chi connectivity index (χ3v) is 14.7. The van der Waals surface area contributed by atoms with E-state index >= 15 is 0 Å². The number of methoxy groups -OCH3 is 3. The van der Waals surface area contributed by atoms with Gasteiger partial charge in [0.2, 0.25) is 0 Å². The summed E-state index contributed by atoms with van der Waals surface area (Å²) in [6.07, 6.45) is 9.89. The van der Waals surface area contributed by atoms with Gasteiger partial charge in [-0.15, -0.1) is 6.58 Å². The highest BCUT2D eigenvalue weighted by atomic mass is 16.5.